The van der Waals surface area contributed by atoms with Gasteiger partial charge in [0.1, 0.15) is 5.75 Å². The Bertz CT molecular complexity index is 361. The number of hydrogen-bond acceptors (Lipinski definition) is 2. The lowest BCUT2D eigenvalue weighted by Crippen LogP contribution is -1.98. The van der Waals surface area contributed by atoms with E-state index in [2.05, 4.69) is 5.92 Å². The van der Waals surface area contributed by atoms with Crippen molar-refractivity contribution in [2.24, 2.45) is 0 Å². The molecule has 1 aromatic rings. The molecule has 0 aromatic heterocycles. The highest BCUT2D eigenvalue weighted by molar-refractivity contribution is 5.97. The number of benzene rings is 1. The molecular weight excluding hydrogens is 176 g/mol. The molecule has 0 N–H and O–H groups in total. The van der Waals surface area contributed by atoms with Gasteiger partial charge in [-0.3, -0.25) is 4.79 Å². The van der Waals surface area contributed by atoms with Crippen LogP contribution in [0.5, 0.6) is 5.75 Å². The smallest absolute Gasteiger partial charge is 0.174 e. The standard InChI is InChI=1S/C12H12O2/c1-3-6-12(13)10-7-5-8-11(9-10)14-4-2/h1,5,7-9H,4,6H2,2H3. The molecule has 0 radical (unpaired) electrons. The predicted octanol–water partition coefficient (Wildman–Crippen LogP) is 2.29. The third-order valence-electron chi connectivity index (χ3n) is 1.73. The lowest BCUT2D eigenvalue weighted by molar-refractivity contribution is 0.0998. The molecule has 0 saturated heterocycles. The summed E-state index contributed by atoms with van der Waals surface area (Å²) in [6, 6.07) is 7.05. The first-order valence-corrected chi connectivity index (χ1v) is 4.47. The zero-order valence-corrected chi connectivity index (χ0v) is 8.12. The summed E-state index contributed by atoms with van der Waals surface area (Å²) in [6.07, 6.45) is 5.20. The summed E-state index contributed by atoms with van der Waals surface area (Å²) in [5.41, 5.74) is 0.605. The minimum Gasteiger partial charge on any atom is -0.494 e. The molecule has 2 nitrogen and oxygen atoms in total. The Labute approximate surface area is 83.9 Å². The van der Waals surface area contributed by atoms with Crippen molar-refractivity contribution < 1.29 is 9.53 Å². The second-order valence-corrected chi connectivity index (χ2v) is 2.76. The normalized spacial score (nSPS) is 9.14. The number of ether oxygens (including phenoxy) is 1. The van der Waals surface area contributed by atoms with Crippen molar-refractivity contribution in [1.29, 1.82) is 0 Å². The minimum absolute atomic E-state index is 0.0472. The number of terminal acetylenes is 1. The first kappa shape index (κ1) is 10.3. The molecule has 0 aliphatic heterocycles. The van der Waals surface area contributed by atoms with E-state index in [1.807, 2.05) is 13.0 Å². The van der Waals surface area contributed by atoms with Crippen LogP contribution >= 0.6 is 0 Å². The molecule has 14 heavy (non-hydrogen) atoms. The summed E-state index contributed by atoms with van der Waals surface area (Å²) in [5, 5.41) is 0. The lowest BCUT2D eigenvalue weighted by atomic mass is 10.1. The monoisotopic (exact) mass is 188 g/mol. The van der Waals surface area contributed by atoms with E-state index in [4.69, 9.17) is 11.2 Å². The van der Waals surface area contributed by atoms with Crippen molar-refractivity contribution in [2.45, 2.75) is 13.3 Å². The van der Waals surface area contributed by atoms with Crippen molar-refractivity contribution in [3.8, 4) is 18.1 Å². The van der Waals surface area contributed by atoms with Gasteiger partial charge in [0.05, 0.1) is 13.0 Å². The number of ketones is 1. The van der Waals surface area contributed by atoms with Gasteiger partial charge in [-0.15, -0.1) is 6.42 Å². The van der Waals surface area contributed by atoms with Gasteiger partial charge in [0.15, 0.2) is 5.78 Å². The van der Waals surface area contributed by atoms with Crippen LogP contribution in [0.1, 0.15) is 23.7 Å². The highest BCUT2D eigenvalue weighted by Crippen LogP contribution is 2.14. The number of rotatable bonds is 4. The lowest BCUT2D eigenvalue weighted by Gasteiger charge is -2.03. The van der Waals surface area contributed by atoms with Crippen molar-refractivity contribution in [1.82, 2.24) is 0 Å². The molecule has 0 fully saturated rings. The second-order valence-electron chi connectivity index (χ2n) is 2.76. The Hall–Kier alpha value is -1.75. The molecule has 0 aliphatic carbocycles. The summed E-state index contributed by atoms with van der Waals surface area (Å²) in [5.74, 6) is 2.98. The molecule has 0 heterocycles. The zero-order chi connectivity index (χ0) is 10.4. The van der Waals surface area contributed by atoms with Crippen LogP contribution in [0.2, 0.25) is 0 Å². The van der Waals surface area contributed by atoms with Crippen LogP contribution in [0.15, 0.2) is 24.3 Å². The average Bonchev–Trinajstić information content (AvgIpc) is 2.19. The molecule has 2 heteroatoms. The topological polar surface area (TPSA) is 26.3 Å². The average molecular weight is 188 g/mol. The molecule has 0 saturated carbocycles. The highest BCUT2D eigenvalue weighted by atomic mass is 16.5. The van der Waals surface area contributed by atoms with Gasteiger partial charge >= 0.3 is 0 Å². The molecule has 0 bridgehead atoms. The Morgan fingerprint density at radius 2 is 2.36 bits per heavy atom. The third-order valence-corrected chi connectivity index (χ3v) is 1.73. The van der Waals surface area contributed by atoms with Gasteiger partial charge in [-0.2, -0.15) is 0 Å². The molecule has 0 unspecified atom stereocenters. The maximum Gasteiger partial charge on any atom is 0.174 e. The first-order chi connectivity index (χ1) is 6.77. The van der Waals surface area contributed by atoms with Gasteiger partial charge in [0, 0.05) is 5.56 Å². The van der Waals surface area contributed by atoms with Crippen molar-refractivity contribution in [3.63, 3.8) is 0 Å². The molecule has 72 valence electrons. The quantitative estimate of drug-likeness (QED) is 0.535. The van der Waals surface area contributed by atoms with Gasteiger partial charge in [-0.1, -0.05) is 18.1 Å². The molecule has 0 spiro atoms. The predicted molar refractivity (Wildman–Crippen MR) is 55.4 cm³/mol. The van der Waals surface area contributed by atoms with E-state index in [9.17, 15) is 4.79 Å². The molecule has 0 atom stereocenters. The fourth-order valence-electron chi connectivity index (χ4n) is 1.12. The van der Waals surface area contributed by atoms with Gasteiger partial charge in [0.25, 0.3) is 0 Å². The van der Waals surface area contributed by atoms with Gasteiger partial charge in [0.2, 0.25) is 0 Å². The number of Topliss-reactive ketones (excluding diaryl/α,β-unsaturated/α-hetero) is 1. The Morgan fingerprint density at radius 3 is 3.00 bits per heavy atom. The summed E-state index contributed by atoms with van der Waals surface area (Å²) >= 11 is 0. The van der Waals surface area contributed by atoms with Crippen LogP contribution in [0.4, 0.5) is 0 Å². The van der Waals surface area contributed by atoms with Crippen LogP contribution in [0.3, 0.4) is 0 Å². The molecule has 1 aromatic carbocycles. The SMILES string of the molecule is C#CCC(=O)c1cccc(OCC)c1. The van der Waals surface area contributed by atoms with Crippen molar-refractivity contribution in [3.05, 3.63) is 29.8 Å². The van der Waals surface area contributed by atoms with Gasteiger partial charge in [-0.05, 0) is 19.1 Å². The minimum atomic E-state index is -0.0472. The molecular formula is C12H12O2. The first-order valence-electron chi connectivity index (χ1n) is 4.47. The summed E-state index contributed by atoms with van der Waals surface area (Å²) in [7, 11) is 0. The van der Waals surface area contributed by atoms with E-state index in [1.54, 1.807) is 18.2 Å². The van der Waals surface area contributed by atoms with Crippen LogP contribution < -0.4 is 4.74 Å². The molecule has 0 amide bonds. The van der Waals surface area contributed by atoms with Crippen LogP contribution in [0, 0.1) is 12.3 Å². The highest BCUT2D eigenvalue weighted by Gasteiger charge is 2.04. The van der Waals surface area contributed by atoms with Crippen LogP contribution in [0.25, 0.3) is 0 Å². The fourth-order valence-corrected chi connectivity index (χ4v) is 1.12. The van der Waals surface area contributed by atoms with Gasteiger partial charge in [-0.25, -0.2) is 0 Å². The number of carbonyl (C=O) groups excluding carboxylic acids is 1. The van der Waals surface area contributed by atoms with Crippen molar-refractivity contribution >= 4 is 5.78 Å². The summed E-state index contributed by atoms with van der Waals surface area (Å²) in [4.78, 5) is 11.4. The van der Waals surface area contributed by atoms with E-state index in [0.29, 0.717) is 17.9 Å². The van der Waals surface area contributed by atoms with E-state index >= 15 is 0 Å². The summed E-state index contributed by atoms with van der Waals surface area (Å²) in [6.45, 7) is 2.49. The largest absolute Gasteiger partial charge is 0.494 e. The number of carbonyl (C=O) groups is 1. The molecule has 1 rings (SSSR count). The fraction of sp³-hybridized carbons (Fsp3) is 0.250. The van der Waals surface area contributed by atoms with E-state index < -0.39 is 0 Å². The summed E-state index contributed by atoms with van der Waals surface area (Å²) < 4.78 is 5.27. The van der Waals surface area contributed by atoms with Gasteiger partial charge < -0.3 is 4.74 Å². The van der Waals surface area contributed by atoms with Crippen molar-refractivity contribution in [2.75, 3.05) is 6.61 Å². The van der Waals surface area contributed by atoms with E-state index in [-0.39, 0.29) is 12.2 Å². The van der Waals surface area contributed by atoms with E-state index in [1.165, 1.54) is 0 Å². The van der Waals surface area contributed by atoms with Crippen LogP contribution in [-0.2, 0) is 0 Å². The Balaban J connectivity index is 2.83. The number of hydrogen-bond donors (Lipinski definition) is 0. The van der Waals surface area contributed by atoms with E-state index in [0.717, 1.165) is 0 Å². The maximum atomic E-state index is 11.4. The second kappa shape index (κ2) is 5.08. The zero-order valence-electron chi connectivity index (χ0n) is 8.12. The van der Waals surface area contributed by atoms with Crippen LogP contribution in [-0.4, -0.2) is 12.4 Å². The Kier molecular flexibility index (Phi) is 3.75. The molecule has 0 aliphatic rings. The maximum absolute atomic E-state index is 11.4. The Morgan fingerprint density at radius 1 is 1.57 bits per heavy atom. The third kappa shape index (κ3) is 2.63.